The molecule has 1 amide bonds. The first-order valence-corrected chi connectivity index (χ1v) is 12.3. The van der Waals surface area contributed by atoms with Crippen molar-refractivity contribution in [2.45, 2.75) is 72.8 Å². The zero-order chi connectivity index (χ0) is 22.7. The van der Waals surface area contributed by atoms with Crippen LogP contribution in [0.2, 0.25) is 0 Å². The monoisotopic (exact) mass is 434 g/mol. The summed E-state index contributed by atoms with van der Waals surface area (Å²) < 4.78 is 0. The van der Waals surface area contributed by atoms with E-state index in [2.05, 4.69) is 44.7 Å². The van der Waals surface area contributed by atoms with E-state index in [0.29, 0.717) is 18.9 Å². The van der Waals surface area contributed by atoms with Gasteiger partial charge in [0, 0.05) is 43.6 Å². The Hall–Kier alpha value is -2.43. The molecule has 172 valence electrons. The first-order chi connectivity index (χ1) is 15.3. The normalized spacial score (nSPS) is 17.8. The highest BCUT2D eigenvalue weighted by molar-refractivity contribution is 5.77. The van der Waals surface area contributed by atoms with Gasteiger partial charge in [-0.05, 0) is 37.0 Å². The van der Waals surface area contributed by atoms with E-state index in [1.807, 2.05) is 23.1 Å². The first-order valence-electron chi connectivity index (χ1n) is 12.3. The highest BCUT2D eigenvalue weighted by atomic mass is 16.2. The second-order valence-corrected chi connectivity index (χ2v) is 10.8. The number of carbonyl (C=O) groups is 1. The highest BCUT2D eigenvalue weighted by Gasteiger charge is 2.29. The fraction of sp³-hybridized carbons (Fsp3) is 0.593. The summed E-state index contributed by atoms with van der Waals surface area (Å²) in [6, 6.07) is 10.3. The molecule has 0 N–H and O–H groups in total. The third-order valence-electron chi connectivity index (χ3n) is 6.56. The van der Waals surface area contributed by atoms with E-state index in [-0.39, 0.29) is 11.3 Å². The van der Waals surface area contributed by atoms with Gasteiger partial charge in [0.15, 0.2) is 5.82 Å². The molecule has 1 fully saturated rings. The van der Waals surface area contributed by atoms with E-state index in [9.17, 15) is 4.79 Å². The van der Waals surface area contributed by atoms with Gasteiger partial charge in [0.25, 0.3) is 0 Å². The fourth-order valence-corrected chi connectivity index (χ4v) is 5.24. The maximum atomic E-state index is 13.2. The van der Waals surface area contributed by atoms with E-state index < -0.39 is 0 Å². The first kappa shape index (κ1) is 22.8. The smallest absolute Gasteiger partial charge is 0.223 e. The number of aromatic nitrogens is 2. The minimum absolute atomic E-state index is 0.247. The molecule has 0 radical (unpaired) electrons. The summed E-state index contributed by atoms with van der Waals surface area (Å²) in [6.45, 7) is 12.4. The molecule has 0 spiro atoms. The highest BCUT2D eigenvalue weighted by Crippen LogP contribution is 2.32. The molecule has 1 aromatic heterocycles. The van der Waals surface area contributed by atoms with Gasteiger partial charge in [-0.15, -0.1) is 0 Å². The SMILES string of the molecule is C[C@@H](CC(=O)N1CCc2nc(-c3ccccc3)nc(N3CCCCC3)c2C1)CC(C)(C)C. The van der Waals surface area contributed by atoms with Crippen LogP contribution in [0.5, 0.6) is 0 Å². The number of anilines is 1. The molecular formula is C27H38N4O. The molecule has 5 heteroatoms. The lowest BCUT2D eigenvalue weighted by molar-refractivity contribution is -0.133. The third kappa shape index (κ3) is 5.48. The molecule has 0 aliphatic carbocycles. The Balaban J connectivity index is 1.59. The average Bonchev–Trinajstić information content (AvgIpc) is 2.77. The zero-order valence-corrected chi connectivity index (χ0v) is 20.2. The van der Waals surface area contributed by atoms with Gasteiger partial charge in [-0.3, -0.25) is 4.79 Å². The van der Waals surface area contributed by atoms with Crippen molar-refractivity contribution in [3.8, 4) is 11.4 Å². The molecule has 3 heterocycles. The lowest BCUT2D eigenvalue weighted by Gasteiger charge is -2.35. The van der Waals surface area contributed by atoms with Crippen LogP contribution in [0.3, 0.4) is 0 Å². The molecule has 5 nitrogen and oxygen atoms in total. The summed E-state index contributed by atoms with van der Waals surface area (Å²) in [6.07, 6.45) is 6.17. The minimum atomic E-state index is 0.247. The maximum absolute atomic E-state index is 13.2. The van der Waals surface area contributed by atoms with Crippen LogP contribution in [-0.2, 0) is 17.8 Å². The standard InChI is InChI=1S/C27H38N4O/c1-20(18-27(2,3)4)17-24(32)31-16-13-23-22(19-31)26(30-14-9-6-10-15-30)29-25(28-23)21-11-7-5-8-12-21/h5,7-8,11-12,20H,6,9-10,13-19H2,1-4H3/t20-/m0/s1. The molecule has 2 aliphatic rings. The molecule has 1 saturated heterocycles. The van der Waals surface area contributed by atoms with Crippen molar-refractivity contribution in [1.29, 1.82) is 0 Å². The molecule has 4 rings (SSSR count). The Morgan fingerprint density at radius 2 is 1.75 bits per heavy atom. The number of amides is 1. The van der Waals surface area contributed by atoms with Crippen LogP contribution in [-0.4, -0.2) is 40.4 Å². The Morgan fingerprint density at radius 1 is 1.03 bits per heavy atom. The van der Waals surface area contributed by atoms with Crippen LogP contribution in [0.1, 0.15) is 71.1 Å². The number of nitrogens with zero attached hydrogens (tertiary/aromatic N) is 4. The van der Waals surface area contributed by atoms with Crippen molar-refractivity contribution in [1.82, 2.24) is 14.9 Å². The Labute approximate surface area is 193 Å². The molecule has 2 aromatic rings. The van der Waals surface area contributed by atoms with Gasteiger partial charge in [-0.1, -0.05) is 58.0 Å². The number of hydrogen-bond donors (Lipinski definition) is 0. The van der Waals surface area contributed by atoms with Crippen LogP contribution >= 0.6 is 0 Å². The predicted molar refractivity (Wildman–Crippen MR) is 131 cm³/mol. The predicted octanol–water partition coefficient (Wildman–Crippen LogP) is 5.48. The van der Waals surface area contributed by atoms with Gasteiger partial charge < -0.3 is 9.80 Å². The topological polar surface area (TPSA) is 49.3 Å². The van der Waals surface area contributed by atoms with Crippen LogP contribution in [0.4, 0.5) is 5.82 Å². The van der Waals surface area contributed by atoms with Crippen LogP contribution in [0, 0.1) is 11.3 Å². The fourth-order valence-electron chi connectivity index (χ4n) is 5.24. The second-order valence-electron chi connectivity index (χ2n) is 10.8. The van der Waals surface area contributed by atoms with Gasteiger partial charge in [-0.2, -0.15) is 0 Å². The molecular weight excluding hydrogens is 396 g/mol. The van der Waals surface area contributed by atoms with Crippen LogP contribution in [0.25, 0.3) is 11.4 Å². The number of rotatable bonds is 5. The van der Waals surface area contributed by atoms with E-state index in [1.165, 1.54) is 19.3 Å². The number of carbonyl (C=O) groups excluding carboxylic acids is 1. The molecule has 0 bridgehead atoms. The third-order valence-corrected chi connectivity index (χ3v) is 6.56. The molecule has 2 aliphatic heterocycles. The summed E-state index contributed by atoms with van der Waals surface area (Å²) in [5, 5.41) is 0. The van der Waals surface area contributed by atoms with Gasteiger partial charge in [-0.25, -0.2) is 9.97 Å². The van der Waals surface area contributed by atoms with E-state index in [1.54, 1.807) is 0 Å². The molecule has 32 heavy (non-hydrogen) atoms. The van der Waals surface area contributed by atoms with Crippen molar-refractivity contribution >= 4 is 11.7 Å². The number of hydrogen-bond acceptors (Lipinski definition) is 4. The Morgan fingerprint density at radius 3 is 2.44 bits per heavy atom. The van der Waals surface area contributed by atoms with Gasteiger partial charge in [0.2, 0.25) is 5.91 Å². The quantitative estimate of drug-likeness (QED) is 0.625. The van der Waals surface area contributed by atoms with Crippen LogP contribution in [0.15, 0.2) is 30.3 Å². The Kier molecular flexibility index (Phi) is 6.82. The van der Waals surface area contributed by atoms with Crippen molar-refractivity contribution in [2.24, 2.45) is 11.3 Å². The van der Waals surface area contributed by atoms with Crippen molar-refractivity contribution in [3.63, 3.8) is 0 Å². The number of piperidine rings is 1. The van der Waals surface area contributed by atoms with Crippen molar-refractivity contribution in [3.05, 3.63) is 41.6 Å². The zero-order valence-electron chi connectivity index (χ0n) is 20.2. The summed E-state index contributed by atoms with van der Waals surface area (Å²) in [4.78, 5) is 27.6. The van der Waals surface area contributed by atoms with E-state index in [4.69, 9.17) is 9.97 Å². The van der Waals surface area contributed by atoms with E-state index >= 15 is 0 Å². The largest absolute Gasteiger partial charge is 0.356 e. The number of benzene rings is 1. The van der Waals surface area contributed by atoms with Crippen molar-refractivity contribution < 1.29 is 4.79 Å². The van der Waals surface area contributed by atoms with Gasteiger partial charge in [0.1, 0.15) is 5.82 Å². The summed E-state index contributed by atoms with van der Waals surface area (Å²) in [5.74, 6) is 2.52. The lowest BCUT2D eigenvalue weighted by atomic mass is 9.84. The van der Waals surface area contributed by atoms with Gasteiger partial charge >= 0.3 is 0 Å². The number of fused-ring (bicyclic) bond motifs is 1. The Bertz CT molecular complexity index is 929. The molecule has 1 atom stereocenters. The summed E-state index contributed by atoms with van der Waals surface area (Å²) in [7, 11) is 0. The lowest BCUT2D eigenvalue weighted by Crippen LogP contribution is -2.39. The maximum Gasteiger partial charge on any atom is 0.223 e. The average molecular weight is 435 g/mol. The minimum Gasteiger partial charge on any atom is -0.356 e. The molecule has 0 unspecified atom stereocenters. The van der Waals surface area contributed by atoms with Gasteiger partial charge in [0.05, 0.1) is 12.2 Å². The second kappa shape index (κ2) is 9.60. The van der Waals surface area contributed by atoms with Crippen LogP contribution < -0.4 is 4.90 Å². The summed E-state index contributed by atoms with van der Waals surface area (Å²) in [5.41, 5.74) is 3.58. The summed E-state index contributed by atoms with van der Waals surface area (Å²) >= 11 is 0. The molecule has 1 aromatic carbocycles. The molecule has 0 saturated carbocycles. The van der Waals surface area contributed by atoms with E-state index in [0.717, 1.165) is 60.9 Å². The van der Waals surface area contributed by atoms with Crippen molar-refractivity contribution in [2.75, 3.05) is 24.5 Å².